The Morgan fingerprint density at radius 1 is 1.19 bits per heavy atom. The van der Waals surface area contributed by atoms with Gasteiger partial charge in [-0.25, -0.2) is 0 Å². The molecule has 3 rings (SSSR count). The van der Waals surface area contributed by atoms with Crippen molar-refractivity contribution < 1.29 is 9.47 Å². The fourth-order valence-electron chi connectivity index (χ4n) is 4.18. The number of rotatable bonds is 8. The SMILES string of the molecule is CN=C(NCCc1c(C)nn(C)c1C)NC1CCN(Cc2cc(OC)cc(OC)c2)C1. The van der Waals surface area contributed by atoms with Crippen LogP contribution in [0.1, 0.15) is 28.9 Å². The lowest BCUT2D eigenvalue weighted by molar-refractivity contribution is 0.321. The maximum Gasteiger partial charge on any atom is 0.191 e. The van der Waals surface area contributed by atoms with E-state index in [1.54, 1.807) is 14.2 Å². The van der Waals surface area contributed by atoms with E-state index in [2.05, 4.69) is 51.6 Å². The van der Waals surface area contributed by atoms with Crippen LogP contribution in [0.4, 0.5) is 0 Å². The third kappa shape index (κ3) is 5.91. The molecule has 0 amide bonds. The van der Waals surface area contributed by atoms with Gasteiger partial charge in [-0.2, -0.15) is 5.10 Å². The lowest BCUT2D eigenvalue weighted by Gasteiger charge is -2.19. The van der Waals surface area contributed by atoms with Crippen LogP contribution in [-0.2, 0) is 20.0 Å². The minimum absolute atomic E-state index is 0.376. The fraction of sp³-hybridized carbons (Fsp3) is 0.565. The monoisotopic (exact) mass is 428 g/mol. The van der Waals surface area contributed by atoms with Gasteiger partial charge < -0.3 is 20.1 Å². The minimum Gasteiger partial charge on any atom is -0.497 e. The van der Waals surface area contributed by atoms with E-state index >= 15 is 0 Å². The van der Waals surface area contributed by atoms with Crippen molar-refractivity contribution in [2.75, 3.05) is 40.9 Å². The summed E-state index contributed by atoms with van der Waals surface area (Å²) in [5.74, 6) is 2.51. The summed E-state index contributed by atoms with van der Waals surface area (Å²) in [6.07, 6.45) is 2.02. The van der Waals surface area contributed by atoms with Crippen LogP contribution >= 0.6 is 0 Å². The van der Waals surface area contributed by atoms with E-state index < -0.39 is 0 Å². The summed E-state index contributed by atoms with van der Waals surface area (Å²) in [7, 11) is 7.19. The second kappa shape index (κ2) is 10.5. The summed E-state index contributed by atoms with van der Waals surface area (Å²) in [5.41, 5.74) is 4.83. The second-order valence-electron chi connectivity index (χ2n) is 8.11. The molecule has 1 aromatic carbocycles. The Hall–Kier alpha value is -2.74. The number of ether oxygens (including phenoxy) is 2. The molecule has 8 heteroatoms. The summed E-state index contributed by atoms with van der Waals surface area (Å²) in [4.78, 5) is 6.86. The predicted octanol–water partition coefficient (Wildman–Crippen LogP) is 2.04. The highest BCUT2D eigenvalue weighted by molar-refractivity contribution is 5.80. The van der Waals surface area contributed by atoms with E-state index in [0.717, 1.165) is 62.2 Å². The standard InChI is InChI=1S/C23H36N6O2/c1-16-22(17(2)28(4)27-16)7-9-25-23(24-3)26-19-8-10-29(15-19)14-18-11-20(30-5)13-21(12-18)31-6/h11-13,19H,7-10,14-15H2,1-6H3,(H2,24,25,26). The number of benzene rings is 1. The van der Waals surface area contributed by atoms with E-state index in [0.29, 0.717) is 6.04 Å². The molecule has 1 aliphatic heterocycles. The summed E-state index contributed by atoms with van der Waals surface area (Å²) in [6, 6.07) is 6.43. The fourth-order valence-corrected chi connectivity index (χ4v) is 4.18. The van der Waals surface area contributed by atoms with Crippen LogP contribution in [0.5, 0.6) is 11.5 Å². The highest BCUT2D eigenvalue weighted by Crippen LogP contribution is 2.24. The third-order valence-corrected chi connectivity index (χ3v) is 5.98. The molecule has 0 bridgehead atoms. The number of hydrogen-bond acceptors (Lipinski definition) is 5. The number of aliphatic imine (C=N–C) groups is 1. The molecule has 0 aliphatic carbocycles. The summed E-state index contributed by atoms with van der Waals surface area (Å²) < 4.78 is 12.7. The van der Waals surface area contributed by atoms with Gasteiger partial charge in [-0.3, -0.25) is 14.6 Å². The van der Waals surface area contributed by atoms with Crippen molar-refractivity contribution in [2.24, 2.45) is 12.0 Å². The van der Waals surface area contributed by atoms with Crippen LogP contribution in [0.15, 0.2) is 23.2 Å². The first kappa shape index (κ1) is 22.9. The normalized spacial score (nSPS) is 17.1. The summed E-state index contributed by atoms with van der Waals surface area (Å²) in [6.45, 7) is 7.90. The van der Waals surface area contributed by atoms with Crippen LogP contribution in [0.2, 0.25) is 0 Å². The summed E-state index contributed by atoms with van der Waals surface area (Å²) >= 11 is 0. The van der Waals surface area contributed by atoms with Gasteiger partial charge in [0.15, 0.2) is 5.96 Å². The molecule has 2 heterocycles. The van der Waals surface area contributed by atoms with Gasteiger partial charge in [0.1, 0.15) is 11.5 Å². The van der Waals surface area contributed by atoms with Gasteiger partial charge >= 0.3 is 0 Å². The first-order valence-electron chi connectivity index (χ1n) is 10.8. The number of nitrogens with zero attached hydrogens (tertiary/aromatic N) is 4. The predicted molar refractivity (Wildman–Crippen MR) is 124 cm³/mol. The molecule has 0 saturated carbocycles. The Kier molecular flexibility index (Phi) is 7.79. The zero-order valence-electron chi connectivity index (χ0n) is 19.7. The van der Waals surface area contributed by atoms with Gasteiger partial charge in [0.2, 0.25) is 0 Å². The van der Waals surface area contributed by atoms with Gasteiger partial charge in [0, 0.05) is 58.1 Å². The Morgan fingerprint density at radius 2 is 1.90 bits per heavy atom. The molecule has 2 N–H and O–H groups in total. The molecule has 1 fully saturated rings. The Bertz CT molecular complexity index is 885. The molecule has 1 aromatic heterocycles. The summed E-state index contributed by atoms with van der Waals surface area (Å²) in [5, 5.41) is 11.5. The van der Waals surface area contributed by atoms with Crippen LogP contribution in [-0.4, -0.2) is 67.6 Å². The number of aromatic nitrogens is 2. The van der Waals surface area contributed by atoms with Crippen molar-refractivity contribution in [1.82, 2.24) is 25.3 Å². The van der Waals surface area contributed by atoms with Gasteiger partial charge in [0.05, 0.1) is 19.9 Å². The molecule has 1 unspecified atom stereocenters. The highest BCUT2D eigenvalue weighted by Gasteiger charge is 2.23. The van der Waals surface area contributed by atoms with Gasteiger partial charge in [0.25, 0.3) is 0 Å². The van der Waals surface area contributed by atoms with Crippen LogP contribution in [0.3, 0.4) is 0 Å². The maximum atomic E-state index is 5.40. The lowest BCUT2D eigenvalue weighted by atomic mass is 10.1. The molecular weight excluding hydrogens is 392 g/mol. The van der Waals surface area contributed by atoms with E-state index in [9.17, 15) is 0 Å². The number of methoxy groups -OCH3 is 2. The smallest absolute Gasteiger partial charge is 0.191 e. The van der Waals surface area contributed by atoms with Crippen molar-refractivity contribution in [2.45, 2.75) is 39.3 Å². The number of aryl methyl sites for hydroxylation is 2. The Balaban J connectivity index is 1.48. The Labute approximate surface area is 185 Å². The van der Waals surface area contributed by atoms with E-state index in [-0.39, 0.29) is 0 Å². The van der Waals surface area contributed by atoms with E-state index in [1.165, 1.54) is 16.8 Å². The average Bonchev–Trinajstić information content (AvgIpc) is 3.30. The van der Waals surface area contributed by atoms with E-state index in [4.69, 9.17) is 9.47 Å². The highest BCUT2D eigenvalue weighted by atomic mass is 16.5. The minimum atomic E-state index is 0.376. The molecule has 2 aromatic rings. The molecular formula is C23H36N6O2. The molecule has 8 nitrogen and oxygen atoms in total. The quantitative estimate of drug-likeness (QED) is 0.495. The van der Waals surface area contributed by atoms with Crippen molar-refractivity contribution in [3.8, 4) is 11.5 Å². The van der Waals surface area contributed by atoms with Crippen LogP contribution in [0, 0.1) is 13.8 Å². The van der Waals surface area contributed by atoms with Crippen LogP contribution in [0.25, 0.3) is 0 Å². The third-order valence-electron chi connectivity index (χ3n) is 5.98. The lowest BCUT2D eigenvalue weighted by Crippen LogP contribution is -2.45. The molecule has 1 atom stereocenters. The topological polar surface area (TPSA) is 75.9 Å². The number of nitrogens with one attached hydrogen (secondary N) is 2. The maximum absolute atomic E-state index is 5.40. The molecule has 0 spiro atoms. The van der Waals surface area contributed by atoms with Crippen molar-refractivity contribution >= 4 is 5.96 Å². The van der Waals surface area contributed by atoms with Gasteiger partial charge in [-0.1, -0.05) is 0 Å². The zero-order chi connectivity index (χ0) is 22.4. The van der Waals surface area contributed by atoms with Crippen LogP contribution < -0.4 is 20.1 Å². The zero-order valence-corrected chi connectivity index (χ0v) is 19.7. The molecule has 170 valence electrons. The Morgan fingerprint density at radius 3 is 2.48 bits per heavy atom. The van der Waals surface area contributed by atoms with E-state index in [1.807, 2.05) is 24.8 Å². The van der Waals surface area contributed by atoms with Crippen molar-refractivity contribution in [3.05, 3.63) is 40.7 Å². The van der Waals surface area contributed by atoms with Gasteiger partial charge in [-0.05, 0) is 49.9 Å². The largest absolute Gasteiger partial charge is 0.497 e. The van der Waals surface area contributed by atoms with Crippen molar-refractivity contribution in [3.63, 3.8) is 0 Å². The first-order valence-corrected chi connectivity index (χ1v) is 10.8. The number of likely N-dealkylation sites (tertiary alicyclic amines) is 1. The number of hydrogen-bond donors (Lipinski definition) is 2. The second-order valence-corrected chi connectivity index (χ2v) is 8.11. The molecule has 1 aliphatic rings. The molecule has 0 radical (unpaired) electrons. The average molecular weight is 429 g/mol. The molecule has 1 saturated heterocycles. The first-order chi connectivity index (χ1) is 14.9. The number of guanidine groups is 1. The van der Waals surface area contributed by atoms with Crippen molar-refractivity contribution in [1.29, 1.82) is 0 Å². The molecule has 31 heavy (non-hydrogen) atoms. The van der Waals surface area contributed by atoms with Gasteiger partial charge in [-0.15, -0.1) is 0 Å².